The number of primary amides is 1. The number of benzene rings is 1. The molecule has 0 saturated carbocycles. The van der Waals surface area contributed by atoms with E-state index in [1.165, 1.54) is 0 Å². The summed E-state index contributed by atoms with van der Waals surface area (Å²) in [6, 6.07) is 4.17. The first kappa shape index (κ1) is 38.1. The van der Waals surface area contributed by atoms with Gasteiger partial charge in [-0.2, -0.15) is 0 Å². The maximum atomic E-state index is 13.3. The lowest BCUT2D eigenvalue weighted by Crippen LogP contribution is -2.54. The van der Waals surface area contributed by atoms with Crippen molar-refractivity contribution in [3.8, 4) is 0 Å². The summed E-state index contributed by atoms with van der Waals surface area (Å²) in [5.74, 6) is -1.93. The molecule has 0 aliphatic rings. The Kier molecular flexibility index (Phi) is 15.0. The van der Waals surface area contributed by atoms with Gasteiger partial charge >= 0.3 is 12.0 Å². The van der Waals surface area contributed by atoms with Gasteiger partial charge in [0.1, 0.15) is 24.5 Å². The van der Waals surface area contributed by atoms with Crippen molar-refractivity contribution >= 4 is 41.2 Å². The maximum Gasteiger partial charge on any atom is 0.312 e. The molecule has 1 aromatic carbocycles. The minimum atomic E-state index is -0.979. The van der Waals surface area contributed by atoms with Gasteiger partial charge in [-0.05, 0) is 63.6 Å². The van der Waals surface area contributed by atoms with Crippen molar-refractivity contribution in [3.63, 3.8) is 0 Å². The van der Waals surface area contributed by atoms with Crippen LogP contribution < -0.4 is 27.0 Å². The van der Waals surface area contributed by atoms with Gasteiger partial charge < -0.3 is 31.7 Å². The van der Waals surface area contributed by atoms with E-state index in [1.54, 1.807) is 58.9 Å². The number of Topliss-reactive ketones (excluding diaryl/α,β-unsaturated/α-hetero) is 1. The molecule has 0 unspecified atom stereocenters. The average Bonchev–Trinajstić information content (AvgIpc) is 2.91. The topological polar surface area (TPSA) is 186 Å². The lowest BCUT2D eigenvalue weighted by Gasteiger charge is -2.25. The number of urea groups is 1. The van der Waals surface area contributed by atoms with Gasteiger partial charge in [-0.3, -0.25) is 24.0 Å². The summed E-state index contributed by atoms with van der Waals surface area (Å²) in [7, 11) is 0. The largest absolute Gasteiger partial charge is 0.460 e. The molecule has 1 rings (SSSR count). The minimum Gasteiger partial charge on any atom is -0.460 e. The van der Waals surface area contributed by atoms with Gasteiger partial charge in [-0.1, -0.05) is 46.8 Å². The first-order valence-electron chi connectivity index (χ1n) is 15.0. The lowest BCUT2D eigenvalue weighted by molar-refractivity contribution is -0.154. The number of hydrogen-bond acceptors (Lipinski definition) is 7. The van der Waals surface area contributed by atoms with Crippen LogP contribution in [-0.2, 0) is 35.3 Å². The molecule has 0 radical (unpaired) electrons. The van der Waals surface area contributed by atoms with E-state index in [-0.39, 0.29) is 56.0 Å². The van der Waals surface area contributed by atoms with E-state index in [0.29, 0.717) is 18.5 Å². The number of nitrogens with two attached hydrogens (primary N) is 1. The number of ether oxygens (including phenoxy) is 1. The molecule has 2 atom stereocenters. The van der Waals surface area contributed by atoms with Crippen LogP contribution in [0, 0.1) is 16.7 Å². The van der Waals surface area contributed by atoms with Gasteiger partial charge in [0.05, 0.1) is 5.41 Å². The molecule has 0 heterocycles. The third-order valence-corrected chi connectivity index (χ3v) is 6.72. The van der Waals surface area contributed by atoms with Crippen molar-refractivity contribution in [3.05, 3.63) is 29.8 Å². The van der Waals surface area contributed by atoms with E-state index in [4.69, 9.17) is 10.5 Å². The normalized spacial score (nSPS) is 12.9. The number of amides is 5. The zero-order valence-electron chi connectivity index (χ0n) is 27.4. The fraction of sp³-hybridized carbons (Fsp3) is 0.625. The standard InChI is InChI=1S/C32H51N5O7/c1-20(2)26(37-25(39)13-9-12-24(38)31(3,4)5)28(41)36-23(11-10-18-34-30(33)43)27(40)35-22-16-14-21(15-17-22)19-44-29(42)32(6,7)8/h14-17,20,23,26H,9-13,18-19H2,1-8H3,(H,35,40)(H,36,41)(H,37,39)(H3,33,34,43)/t23-,26-/m0/s1. The molecule has 12 nitrogen and oxygen atoms in total. The molecule has 1 aromatic rings. The van der Waals surface area contributed by atoms with Crippen LogP contribution in [0.3, 0.4) is 0 Å². The van der Waals surface area contributed by atoms with Crippen LogP contribution in [0.25, 0.3) is 0 Å². The van der Waals surface area contributed by atoms with Crippen LogP contribution in [0.1, 0.15) is 93.1 Å². The Hall–Kier alpha value is -3.96. The number of anilines is 1. The quantitative estimate of drug-likeness (QED) is 0.139. The van der Waals surface area contributed by atoms with E-state index in [2.05, 4.69) is 21.3 Å². The van der Waals surface area contributed by atoms with Crippen molar-refractivity contribution in [1.29, 1.82) is 0 Å². The van der Waals surface area contributed by atoms with Crippen LogP contribution >= 0.6 is 0 Å². The number of esters is 1. The van der Waals surface area contributed by atoms with E-state index in [0.717, 1.165) is 5.56 Å². The molecule has 12 heteroatoms. The summed E-state index contributed by atoms with van der Waals surface area (Å²) in [4.78, 5) is 74.4. The second kappa shape index (κ2) is 17.4. The minimum absolute atomic E-state index is 0.0572. The summed E-state index contributed by atoms with van der Waals surface area (Å²) in [5, 5.41) is 10.7. The number of hydrogen-bond donors (Lipinski definition) is 5. The molecule has 0 spiro atoms. The van der Waals surface area contributed by atoms with E-state index in [9.17, 15) is 28.8 Å². The predicted molar refractivity (Wildman–Crippen MR) is 168 cm³/mol. The Bertz CT molecular complexity index is 1150. The first-order chi connectivity index (χ1) is 20.3. The Balaban J connectivity index is 2.89. The van der Waals surface area contributed by atoms with Gasteiger partial charge in [0.2, 0.25) is 17.7 Å². The molecule has 0 saturated heterocycles. The number of carbonyl (C=O) groups is 6. The second-order valence-corrected chi connectivity index (χ2v) is 13.3. The fourth-order valence-electron chi connectivity index (χ4n) is 3.89. The highest BCUT2D eigenvalue weighted by Crippen LogP contribution is 2.19. The monoisotopic (exact) mass is 617 g/mol. The van der Waals surface area contributed by atoms with E-state index >= 15 is 0 Å². The molecule has 5 amide bonds. The summed E-state index contributed by atoms with van der Waals surface area (Å²) in [6.07, 6.45) is 1.25. The Morgan fingerprint density at radius 3 is 1.95 bits per heavy atom. The predicted octanol–water partition coefficient (Wildman–Crippen LogP) is 3.57. The highest BCUT2D eigenvalue weighted by atomic mass is 16.5. The smallest absolute Gasteiger partial charge is 0.312 e. The van der Waals surface area contributed by atoms with Crippen LogP contribution in [0.15, 0.2) is 24.3 Å². The number of ketones is 1. The van der Waals surface area contributed by atoms with Crippen molar-refractivity contribution in [2.45, 2.75) is 106 Å². The van der Waals surface area contributed by atoms with Gasteiger partial charge in [-0.15, -0.1) is 0 Å². The number of carbonyl (C=O) groups excluding carboxylic acids is 6. The molecule has 0 aliphatic heterocycles. The molecule has 6 N–H and O–H groups in total. The van der Waals surface area contributed by atoms with Gasteiger partial charge in [0, 0.05) is 30.5 Å². The number of nitrogens with one attached hydrogen (secondary N) is 4. The van der Waals surface area contributed by atoms with Gasteiger partial charge in [0.25, 0.3) is 0 Å². The van der Waals surface area contributed by atoms with Crippen LogP contribution in [0.4, 0.5) is 10.5 Å². The number of rotatable bonds is 16. The molecule has 0 aliphatic carbocycles. The molecule has 246 valence electrons. The second-order valence-electron chi connectivity index (χ2n) is 13.3. The SMILES string of the molecule is CC(C)[C@H](NC(=O)CCCC(=O)C(C)(C)C)C(=O)N[C@@H](CCCNC(N)=O)C(=O)Nc1ccc(COC(=O)C(C)(C)C)cc1. The Labute approximate surface area is 261 Å². The van der Waals surface area contributed by atoms with Crippen LogP contribution in [0.5, 0.6) is 0 Å². The lowest BCUT2D eigenvalue weighted by atomic mass is 9.88. The summed E-state index contributed by atoms with van der Waals surface area (Å²) in [5.41, 5.74) is 5.23. The zero-order valence-corrected chi connectivity index (χ0v) is 27.4. The Morgan fingerprint density at radius 1 is 0.818 bits per heavy atom. The maximum absolute atomic E-state index is 13.3. The third-order valence-electron chi connectivity index (χ3n) is 6.72. The van der Waals surface area contributed by atoms with Crippen molar-refractivity contribution in [2.24, 2.45) is 22.5 Å². The zero-order chi connectivity index (χ0) is 33.7. The summed E-state index contributed by atoms with van der Waals surface area (Å²) >= 11 is 0. The van der Waals surface area contributed by atoms with Gasteiger partial charge in [0.15, 0.2) is 0 Å². The fourth-order valence-corrected chi connectivity index (χ4v) is 3.89. The highest BCUT2D eigenvalue weighted by Gasteiger charge is 2.29. The summed E-state index contributed by atoms with van der Waals surface area (Å²) < 4.78 is 5.32. The first-order valence-corrected chi connectivity index (χ1v) is 15.0. The van der Waals surface area contributed by atoms with Crippen LogP contribution in [-0.4, -0.2) is 54.1 Å². The van der Waals surface area contributed by atoms with Gasteiger partial charge in [-0.25, -0.2) is 4.79 Å². The summed E-state index contributed by atoms with van der Waals surface area (Å²) in [6.45, 7) is 14.6. The average molecular weight is 618 g/mol. The molecule has 0 bridgehead atoms. The molecule has 44 heavy (non-hydrogen) atoms. The molecule has 0 fully saturated rings. The van der Waals surface area contributed by atoms with Crippen molar-refractivity contribution in [1.82, 2.24) is 16.0 Å². The van der Waals surface area contributed by atoms with E-state index < -0.39 is 40.8 Å². The van der Waals surface area contributed by atoms with E-state index in [1.807, 2.05) is 20.8 Å². The van der Waals surface area contributed by atoms with Crippen molar-refractivity contribution < 1.29 is 33.5 Å². The third kappa shape index (κ3) is 14.5. The molecule has 0 aromatic heterocycles. The molecular weight excluding hydrogens is 566 g/mol. The van der Waals surface area contributed by atoms with Crippen LogP contribution in [0.2, 0.25) is 0 Å². The highest BCUT2D eigenvalue weighted by molar-refractivity contribution is 5.98. The molecular formula is C32H51N5O7. The Morgan fingerprint density at radius 2 is 1.43 bits per heavy atom. The van der Waals surface area contributed by atoms with Crippen molar-refractivity contribution in [2.75, 3.05) is 11.9 Å².